The Morgan fingerprint density at radius 3 is 2.48 bits per heavy atom. The summed E-state index contributed by atoms with van der Waals surface area (Å²) >= 11 is 6.13. The van der Waals surface area contributed by atoms with Crippen molar-refractivity contribution in [3.05, 3.63) is 22.5 Å². The topological polar surface area (TPSA) is 44.1 Å². The number of aromatic nitrogens is 2. The van der Waals surface area contributed by atoms with Crippen molar-refractivity contribution in [3.8, 4) is 0 Å². The zero-order valence-electron chi connectivity index (χ0n) is 12.8. The van der Waals surface area contributed by atoms with E-state index in [0.717, 1.165) is 36.9 Å². The second-order valence-corrected chi connectivity index (χ2v) is 6.01. The van der Waals surface area contributed by atoms with Gasteiger partial charge in [-0.05, 0) is 38.7 Å². The first-order valence-corrected chi connectivity index (χ1v) is 8.03. The molecule has 0 aromatic carbocycles. The van der Waals surface area contributed by atoms with Gasteiger partial charge in [-0.1, -0.05) is 30.9 Å². The standard InChI is InChI=1S/C16H23ClN2O2/c1-12-14(16(17)19(2)18-12)10-11-15(20)21-13-8-6-4-3-5-7-9-13/h10-11,13H,3-9H2,1-2H3. The SMILES string of the molecule is Cc1nn(C)c(Cl)c1C=CC(=O)OC1CCCCCCC1. The minimum absolute atomic E-state index is 0.0629. The smallest absolute Gasteiger partial charge is 0.331 e. The molecule has 0 amide bonds. The molecule has 1 aliphatic carbocycles. The van der Waals surface area contributed by atoms with E-state index < -0.39 is 0 Å². The van der Waals surface area contributed by atoms with E-state index in [-0.39, 0.29) is 12.1 Å². The third kappa shape index (κ3) is 4.60. The lowest BCUT2D eigenvalue weighted by atomic mass is 9.99. The molecule has 1 fully saturated rings. The van der Waals surface area contributed by atoms with Gasteiger partial charge in [0.1, 0.15) is 11.3 Å². The Kier molecular flexibility index (Phi) is 5.85. The van der Waals surface area contributed by atoms with Crippen molar-refractivity contribution in [2.75, 3.05) is 0 Å². The van der Waals surface area contributed by atoms with Crippen molar-refractivity contribution in [1.82, 2.24) is 9.78 Å². The van der Waals surface area contributed by atoms with E-state index in [2.05, 4.69) is 5.10 Å². The molecule has 4 nitrogen and oxygen atoms in total. The van der Waals surface area contributed by atoms with Crippen LogP contribution in [-0.4, -0.2) is 21.9 Å². The van der Waals surface area contributed by atoms with E-state index in [9.17, 15) is 4.79 Å². The summed E-state index contributed by atoms with van der Waals surface area (Å²) < 4.78 is 7.13. The van der Waals surface area contributed by atoms with Gasteiger partial charge in [-0.3, -0.25) is 4.68 Å². The Morgan fingerprint density at radius 1 is 1.29 bits per heavy atom. The monoisotopic (exact) mass is 310 g/mol. The molecule has 0 radical (unpaired) electrons. The molecule has 1 heterocycles. The van der Waals surface area contributed by atoms with Crippen LogP contribution in [0.4, 0.5) is 0 Å². The predicted octanol–water partition coefficient (Wildman–Crippen LogP) is 4.05. The molecule has 0 aliphatic heterocycles. The highest BCUT2D eigenvalue weighted by Crippen LogP contribution is 2.21. The van der Waals surface area contributed by atoms with E-state index >= 15 is 0 Å². The highest BCUT2D eigenvalue weighted by Gasteiger charge is 2.15. The fourth-order valence-corrected chi connectivity index (χ4v) is 2.96. The van der Waals surface area contributed by atoms with Crippen LogP contribution >= 0.6 is 11.6 Å². The van der Waals surface area contributed by atoms with E-state index in [4.69, 9.17) is 16.3 Å². The Labute approximate surface area is 131 Å². The summed E-state index contributed by atoms with van der Waals surface area (Å²) in [6.45, 7) is 1.87. The average Bonchev–Trinajstić information content (AvgIpc) is 2.64. The highest BCUT2D eigenvalue weighted by molar-refractivity contribution is 6.31. The minimum atomic E-state index is -0.292. The minimum Gasteiger partial charge on any atom is -0.459 e. The second-order valence-electron chi connectivity index (χ2n) is 5.65. The maximum absolute atomic E-state index is 11.9. The molecule has 0 spiro atoms. The zero-order valence-corrected chi connectivity index (χ0v) is 13.5. The molecule has 5 heteroatoms. The molecule has 0 N–H and O–H groups in total. The number of halogens is 1. The van der Waals surface area contributed by atoms with Crippen molar-refractivity contribution >= 4 is 23.6 Å². The van der Waals surface area contributed by atoms with Crippen LogP contribution in [-0.2, 0) is 16.6 Å². The number of esters is 1. The molecular formula is C16H23ClN2O2. The lowest BCUT2D eigenvalue weighted by Crippen LogP contribution is -2.18. The van der Waals surface area contributed by atoms with Crippen LogP contribution in [0.15, 0.2) is 6.08 Å². The van der Waals surface area contributed by atoms with Crippen molar-refractivity contribution in [2.24, 2.45) is 7.05 Å². The van der Waals surface area contributed by atoms with Gasteiger partial charge in [0.15, 0.2) is 0 Å². The fraction of sp³-hybridized carbons (Fsp3) is 0.625. The molecule has 21 heavy (non-hydrogen) atoms. The first-order valence-electron chi connectivity index (χ1n) is 7.65. The van der Waals surface area contributed by atoms with Gasteiger partial charge in [0, 0.05) is 18.7 Å². The molecule has 2 rings (SSSR count). The van der Waals surface area contributed by atoms with Gasteiger partial charge >= 0.3 is 5.97 Å². The van der Waals surface area contributed by atoms with Gasteiger partial charge in [-0.2, -0.15) is 5.10 Å². The first-order chi connectivity index (χ1) is 10.1. The summed E-state index contributed by atoms with van der Waals surface area (Å²) in [6, 6.07) is 0. The van der Waals surface area contributed by atoms with Crippen molar-refractivity contribution in [2.45, 2.75) is 58.0 Å². The summed E-state index contributed by atoms with van der Waals surface area (Å²) in [5.41, 5.74) is 1.58. The molecule has 0 atom stereocenters. The number of aryl methyl sites for hydroxylation is 2. The third-order valence-corrected chi connectivity index (χ3v) is 4.37. The van der Waals surface area contributed by atoms with Gasteiger partial charge in [0.25, 0.3) is 0 Å². The molecular weight excluding hydrogens is 288 g/mol. The maximum atomic E-state index is 11.9. The van der Waals surface area contributed by atoms with Crippen LogP contribution < -0.4 is 0 Å². The summed E-state index contributed by atoms with van der Waals surface area (Å²) in [5.74, 6) is -0.292. The number of ether oxygens (including phenoxy) is 1. The number of hydrogen-bond acceptors (Lipinski definition) is 3. The van der Waals surface area contributed by atoms with Crippen molar-refractivity contribution in [1.29, 1.82) is 0 Å². The highest BCUT2D eigenvalue weighted by atomic mass is 35.5. The fourth-order valence-electron chi connectivity index (χ4n) is 2.73. The first kappa shape index (κ1) is 16.1. The summed E-state index contributed by atoms with van der Waals surface area (Å²) in [6.07, 6.45) is 11.3. The Bertz CT molecular complexity index is 515. The van der Waals surface area contributed by atoms with Gasteiger partial charge < -0.3 is 4.74 Å². The van der Waals surface area contributed by atoms with Gasteiger partial charge in [0.2, 0.25) is 0 Å². The molecule has 0 bridgehead atoms. The van der Waals surface area contributed by atoms with Crippen LogP contribution in [0.2, 0.25) is 5.15 Å². The van der Waals surface area contributed by atoms with Crippen LogP contribution in [0.5, 0.6) is 0 Å². The molecule has 1 aromatic rings. The maximum Gasteiger partial charge on any atom is 0.331 e. The van der Waals surface area contributed by atoms with E-state index in [1.807, 2.05) is 6.92 Å². The van der Waals surface area contributed by atoms with Crippen LogP contribution in [0, 0.1) is 6.92 Å². The summed E-state index contributed by atoms with van der Waals surface area (Å²) in [4.78, 5) is 11.9. The summed E-state index contributed by atoms with van der Waals surface area (Å²) in [5, 5.41) is 4.74. The van der Waals surface area contributed by atoms with E-state index in [1.165, 1.54) is 25.3 Å². The molecule has 116 valence electrons. The van der Waals surface area contributed by atoms with E-state index in [1.54, 1.807) is 17.8 Å². The number of hydrogen-bond donors (Lipinski definition) is 0. The molecule has 1 aromatic heterocycles. The third-order valence-electron chi connectivity index (χ3n) is 3.92. The van der Waals surface area contributed by atoms with Gasteiger partial charge in [-0.15, -0.1) is 0 Å². The van der Waals surface area contributed by atoms with Crippen molar-refractivity contribution < 1.29 is 9.53 Å². The molecule has 1 aliphatic rings. The Balaban J connectivity index is 1.92. The number of carbonyl (C=O) groups is 1. The number of nitrogens with zero attached hydrogens (tertiary/aromatic N) is 2. The number of carbonyl (C=O) groups excluding carboxylic acids is 1. The van der Waals surface area contributed by atoms with Gasteiger partial charge in [-0.25, -0.2) is 4.79 Å². The average molecular weight is 311 g/mol. The van der Waals surface area contributed by atoms with Crippen LogP contribution in [0.3, 0.4) is 0 Å². The summed E-state index contributed by atoms with van der Waals surface area (Å²) in [7, 11) is 1.78. The second kappa shape index (κ2) is 7.64. The normalized spacial score (nSPS) is 17.7. The Morgan fingerprint density at radius 2 is 1.90 bits per heavy atom. The zero-order chi connectivity index (χ0) is 15.2. The number of rotatable bonds is 3. The molecule has 1 saturated carbocycles. The van der Waals surface area contributed by atoms with E-state index in [0.29, 0.717) is 5.15 Å². The molecule has 0 saturated heterocycles. The Hall–Kier alpha value is -1.29. The lowest BCUT2D eigenvalue weighted by Gasteiger charge is -2.19. The van der Waals surface area contributed by atoms with Crippen LogP contribution in [0.25, 0.3) is 6.08 Å². The lowest BCUT2D eigenvalue weighted by molar-refractivity contribution is -0.143. The molecule has 0 unspecified atom stereocenters. The largest absolute Gasteiger partial charge is 0.459 e. The van der Waals surface area contributed by atoms with Crippen molar-refractivity contribution in [3.63, 3.8) is 0 Å². The quantitative estimate of drug-likeness (QED) is 0.625. The predicted molar refractivity (Wildman–Crippen MR) is 84.2 cm³/mol. The van der Waals surface area contributed by atoms with Gasteiger partial charge in [0.05, 0.1) is 5.69 Å². The van der Waals surface area contributed by atoms with Crippen LogP contribution in [0.1, 0.15) is 56.2 Å².